The Hall–Kier alpha value is -2.15. The van der Waals surface area contributed by atoms with Crippen LogP contribution in [0.1, 0.15) is 201 Å². The van der Waals surface area contributed by atoms with Crippen molar-refractivity contribution in [3.05, 3.63) is 24.3 Å². The highest BCUT2D eigenvalue weighted by Gasteiger charge is 2.28. The van der Waals surface area contributed by atoms with Crippen LogP contribution in [0.3, 0.4) is 0 Å². The van der Waals surface area contributed by atoms with Crippen molar-refractivity contribution < 1.29 is 28.6 Å². The first-order valence-corrected chi connectivity index (χ1v) is 20.0. The summed E-state index contributed by atoms with van der Waals surface area (Å²) in [6, 6.07) is 0. The highest BCUT2D eigenvalue weighted by atomic mass is 16.6. The van der Waals surface area contributed by atoms with E-state index in [1.165, 1.54) is 51.4 Å². The SMILES string of the molecule is CCCCCC/C=C/CCC(=O)OCCCCCCC(N)(CCCCCCOC(=O)CC/C=C/CCCCCC)OC(=O)CCCCC. The maximum Gasteiger partial charge on any atom is 0.307 e. The van der Waals surface area contributed by atoms with Crippen LogP contribution in [0.15, 0.2) is 24.3 Å². The summed E-state index contributed by atoms with van der Waals surface area (Å²) in [7, 11) is 0. The number of unbranched alkanes of at least 4 members (excludes halogenated alkanes) is 16. The Bertz CT molecular complexity index is 772. The average Bonchev–Trinajstić information content (AvgIpc) is 3.06. The molecule has 0 radical (unpaired) electrons. The number of rotatable bonds is 35. The Morgan fingerprint density at radius 2 is 0.854 bits per heavy atom. The maximum atomic E-state index is 12.5. The molecule has 0 aromatic rings. The normalized spacial score (nSPS) is 11.8. The first-order valence-electron chi connectivity index (χ1n) is 20.0. The number of esters is 3. The number of hydrogen-bond acceptors (Lipinski definition) is 7. The Morgan fingerprint density at radius 1 is 0.458 bits per heavy atom. The highest BCUT2D eigenvalue weighted by molar-refractivity contribution is 5.70. The fourth-order valence-corrected chi connectivity index (χ4v) is 5.55. The quantitative estimate of drug-likeness (QED) is 0.0234. The molecule has 0 aliphatic rings. The van der Waals surface area contributed by atoms with E-state index in [9.17, 15) is 14.4 Å². The number of nitrogens with two attached hydrogens (primary N) is 1. The minimum atomic E-state index is -0.949. The Labute approximate surface area is 295 Å². The molecule has 0 saturated heterocycles. The van der Waals surface area contributed by atoms with Crippen LogP contribution in [0.2, 0.25) is 0 Å². The Balaban J connectivity index is 4.19. The van der Waals surface area contributed by atoms with Crippen molar-refractivity contribution in [1.82, 2.24) is 0 Å². The lowest BCUT2D eigenvalue weighted by molar-refractivity contribution is -0.161. The number of allylic oxidation sites excluding steroid dienone is 4. The molecule has 7 heteroatoms. The number of carbonyl (C=O) groups excluding carboxylic acids is 3. The van der Waals surface area contributed by atoms with Crippen molar-refractivity contribution in [2.45, 2.75) is 206 Å². The summed E-state index contributed by atoms with van der Waals surface area (Å²) in [6.45, 7) is 7.45. The van der Waals surface area contributed by atoms with Gasteiger partial charge in [-0.2, -0.15) is 0 Å². The van der Waals surface area contributed by atoms with E-state index in [1.807, 2.05) is 0 Å². The lowest BCUT2D eigenvalue weighted by Gasteiger charge is -2.30. The summed E-state index contributed by atoms with van der Waals surface area (Å²) < 4.78 is 16.6. The molecule has 0 heterocycles. The van der Waals surface area contributed by atoms with Crippen LogP contribution in [0.25, 0.3) is 0 Å². The van der Waals surface area contributed by atoms with Gasteiger partial charge in [-0.05, 0) is 70.6 Å². The summed E-state index contributed by atoms with van der Waals surface area (Å²) in [5, 5.41) is 0. The molecule has 48 heavy (non-hydrogen) atoms. The second-order valence-electron chi connectivity index (χ2n) is 13.5. The second kappa shape index (κ2) is 34.7. The third-order valence-electron chi connectivity index (χ3n) is 8.63. The van der Waals surface area contributed by atoms with Gasteiger partial charge in [-0.1, -0.05) is 122 Å². The van der Waals surface area contributed by atoms with Crippen LogP contribution in [0.5, 0.6) is 0 Å². The number of ether oxygens (including phenoxy) is 3. The van der Waals surface area contributed by atoms with Gasteiger partial charge >= 0.3 is 17.9 Å². The molecule has 0 fully saturated rings. The molecule has 2 N–H and O–H groups in total. The molecule has 0 rings (SSSR count). The molecule has 0 spiro atoms. The van der Waals surface area contributed by atoms with Gasteiger partial charge in [-0.25, -0.2) is 0 Å². The number of carbonyl (C=O) groups is 3. The topological polar surface area (TPSA) is 105 Å². The highest BCUT2D eigenvalue weighted by Crippen LogP contribution is 2.23. The smallest absolute Gasteiger partial charge is 0.307 e. The van der Waals surface area contributed by atoms with Gasteiger partial charge in [0.25, 0.3) is 0 Å². The van der Waals surface area contributed by atoms with Crippen LogP contribution < -0.4 is 5.73 Å². The molecule has 0 aliphatic carbocycles. The van der Waals surface area contributed by atoms with Crippen molar-refractivity contribution in [3.8, 4) is 0 Å². The summed E-state index contributed by atoms with van der Waals surface area (Å²) in [5.74, 6) is -0.464. The first-order chi connectivity index (χ1) is 23.4. The minimum Gasteiger partial charge on any atom is -0.466 e. The van der Waals surface area contributed by atoms with Gasteiger partial charge in [0.1, 0.15) is 0 Å². The standard InChI is InChI=1S/C41H75NO6/c1-4-7-10-12-14-16-18-25-31-38(43)46-36-29-22-20-27-34-41(42,48-40(45)33-24-9-6-3)35-28-21-23-30-37-47-39(44)32-26-19-17-15-13-11-8-5-2/h16-19H,4-15,20-37,42H2,1-3H3/b18-16+,19-17+. The van der Waals surface area contributed by atoms with Gasteiger partial charge in [0.2, 0.25) is 0 Å². The van der Waals surface area contributed by atoms with Gasteiger partial charge in [-0.3, -0.25) is 20.1 Å². The molecule has 0 aromatic carbocycles. The monoisotopic (exact) mass is 678 g/mol. The zero-order chi connectivity index (χ0) is 35.4. The van der Waals surface area contributed by atoms with E-state index in [-0.39, 0.29) is 17.9 Å². The lowest BCUT2D eigenvalue weighted by atomic mass is 9.97. The maximum absolute atomic E-state index is 12.5. The van der Waals surface area contributed by atoms with Crippen LogP contribution in [0, 0.1) is 0 Å². The predicted molar refractivity (Wildman–Crippen MR) is 200 cm³/mol. The Morgan fingerprint density at radius 3 is 1.31 bits per heavy atom. The van der Waals surface area contributed by atoms with E-state index in [4.69, 9.17) is 19.9 Å². The van der Waals surface area contributed by atoms with Crippen LogP contribution in [-0.4, -0.2) is 36.8 Å². The van der Waals surface area contributed by atoms with E-state index in [2.05, 4.69) is 45.1 Å². The van der Waals surface area contributed by atoms with E-state index in [0.29, 0.717) is 45.3 Å². The van der Waals surface area contributed by atoms with Crippen molar-refractivity contribution in [3.63, 3.8) is 0 Å². The Kier molecular flexibility index (Phi) is 33.1. The fraction of sp³-hybridized carbons (Fsp3) is 0.829. The zero-order valence-electron chi connectivity index (χ0n) is 31.5. The van der Waals surface area contributed by atoms with Crippen LogP contribution in [-0.2, 0) is 28.6 Å². The lowest BCUT2D eigenvalue weighted by Crippen LogP contribution is -2.44. The first kappa shape index (κ1) is 45.9. The average molecular weight is 678 g/mol. The van der Waals surface area contributed by atoms with Crippen LogP contribution in [0.4, 0.5) is 0 Å². The van der Waals surface area contributed by atoms with Crippen molar-refractivity contribution in [1.29, 1.82) is 0 Å². The van der Waals surface area contributed by atoms with Crippen molar-refractivity contribution in [2.75, 3.05) is 13.2 Å². The largest absolute Gasteiger partial charge is 0.466 e. The van der Waals surface area contributed by atoms with Gasteiger partial charge in [0.05, 0.1) is 13.2 Å². The molecule has 0 atom stereocenters. The van der Waals surface area contributed by atoms with Crippen LogP contribution >= 0.6 is 0 Å². The summed E-state index contributed by atoms with van der Waals surface area (Å²) in [6.07, 6.45) is 34.9. The van der Waals surface area contributed by atoms with Gasteiger partial charge in [0.15, 0.2) is 5.72 Å². The third-order valence-corrected chi connectivity index (χ3v) is 8.63. The molecule has 0 aliphatic heterocycles. The molecule has 0 saturated carbocycles. The predicted octanol–water partition coefficient (Wildman–Crippen LogP) is 11.4. The molecule has 0 unspecified atom stereocenters. The van der Waals surface area contributed by atoms with Gasteiger partial charge in [0, 0.05) is 32.1 Å². The van der Waals surface area contributed by atoms with E-state index in [1.54, 1.807) is 0 Å². The number of hydrogen-bond donors (Lipinski definition) is 1. The third kappa shape index (κ3) is 32.4. The second-order valence-corrected chi connectivity index (χ2v) is 13.5. The molecular weight excluding hydrogens is 602 g/mol. The molecule has 7 nitrogen and oxygen atoms in total. The van der Waals surface area contributed by atoms with Crippen molar-refractivity contribution >= 4 is 17.9 Å². The molecule has 0 aromatic heterocycles. The fourth-order valence-electron chi connectivity index (χ4n) is 5.55. The van der Waals surface area contributed by atoms with E-state index < -0.39 is 5.72 Å². The summed E-state index contributed by atoms with van der Waals surface area (Å²) in [4.78, 5) is 36.5. The molecule has 280 valence electrons. The molecule has 0 bridgehead atoms. The summed E-state index contributed by atoms with van der Waals surface area (Å²) >= 11 is 0. The zero-order valence-corrected chi connectivity index (χ0v) is 31.5. The molecular formula is C41H75NO6. The van der Waals surface area contributed by atoms with Gasteiger partial charge < -0.3 is 14.2 Å². The minimum absolute atomic E-state index is 0.129. The van der Waals surface area contributed by atoms with Crippen molar-refractivity contribution in [2.24, 2.45) is 5.73 Å². The van der Waals surface area contributed by atoms with E-state index >= 15 is 0 Å². The van der Waals surface area contributed by atoms with E-state index in [0.717, 1.165) is 96.3 Å². The molecule has 0 amide bonds. The van der Waals surface area contributed by atoms with Gasteiger partial charge in [-0.15, -0.1) is 0 Å². The summed E-state index contributed by atoms with van der Waals surface area (Å²) in [5.41, 5.74) is 5.72.